The van der Waals surface area contributed by atoms with Crippen LogP contribution in [0.4, 0.5) is 0 Å². The lowest BCUT2D eigenvalue weighted by molar-refractivity contribution is -0.250. The average Bonchev–Trinajstić information content (AvgIpc) is 2.83. The fraction of sp³-hybridized carbons (Fsp3) is 0.429. The lowest BCUT2D eigenvalue weighted by Gasteiger charge is -2.40. The highest BCUT2D eigenvalue weighted by Gasteiger charge is 2.44. The Morgan fingerprint density at radius 3 is 2.48 bits per heavy atom. The highest BCUT2D eigenvalue weighted by atomic mass is 16.6. The third-order valence-electron chi connectivity index (χ3n) is 3.86. The van der Waals surface area contributed by atoms with E-state index in [-0.39, 0.29) is 5.75 Å². The smallest absolute Gasteiger partial charge is 0.163 e. The van der Waals surface area contributed by atoms with Crippen molar-refractivity contribution in [2.24, 2.45) is 0 Å². The van der Waals surface area contributed by atoms with Crippen LogP contribution in [0.2, 0.25) is 0 Å². The number of rotatable bonds is 2. The predicted molar refractivity (Wildman–Crippen MR) is 72.6 cm³/mol. The molecule has 0 radical (unpaired) electrons. The van der Waals surface area contributed by atoms with Gasteiger partial charge in [0.15, 0.2) is 6.23 Å². The minimum absolute atomic E-state index is 0.0163. The minimum atomic E-state index is -1.45. The van der Waals surface area contributed by atoms with E-state index in [2.05, 4.69) is 0 Å². The third-order valence-corrected chi connectivity index (χ3v) is 3.86. The zero-order valence-corrected chi connectivity index (χ0v) is 11.1. The van der Waals surface area contributed by atoms with E-state index in [0.717, 1.165) is 0 Å². The van der Waals surface area contributed by atoms with Gasteiger partial charge in [-0.1, -0.05) is 12.1 Å². The van der Waals surface area contributed by atoms with Crippen LogP contribution in [0, 0.1) is 0 Å². The number of para-hydroxylation sites is 1. The Morgan fingerprint density at radius 2 is 1.76 bits per heavy atom. The fourth-order valence-electron chi connectivity index (χ4n) is 2.71. The van der Waals surface area contributed by atoms with Crippen molar-refractivity contribution in [1.29, 1.82) is 0 Å². The van der Waals surface area contributed by atoms with Crippen molar-refractivity contribution < 1.29 is 30.3 Å². The zero-order chi connectivity index (χ0) is 15.1. The molecule has 7 nitrogen and oxygen atoms in total. The van der Waals surface area contributed by atoms with Crippen molar-refractivity contribution in [3.8, 4) is 5.75 Å². The van der Waals surface area contributed by atoms with E-state index in [4.69, 9.17) is 4.74 Å². The van der Waals surface area contributed by atoms with E-state index < -0.39 is 37.3 Å². The number of benzene rings is 1. The Labute approximate surface area is 120 Å². The van der Waals surface area contributed by atoms with Crippen molar-refractivity contribution in [3.63, 3.8) is 0 Å². The zero-order valence-electron chi connectivity index (χ0n) is 11.1. The van der Waals surface area contributed by atoms with Gasteiger partial charge >= 0.3 is 0 Å². The molecule has 1 saturated heterocycles. The van der Waals surface area contributed by atoms with Gasteiger partial charge in [0, 0.05) is 11.6 Å². The number of aliphatic hydroxyl groups is 4. The first kappa shape index (κ1) is 14.3. The van der Waals surface area contributed by atoms with E-state index in [1.165, 1.54) is 10.8 Å². The maximum Gasteiger partial charge on any atom is 0.163 e. The standard InChI is InChI=1S/C14H17NO6/c16-6-10-11(18)12(19)13(20)14(21-10)15-5-9(17)7-3-1-2-4-8(7)15/h1-5,10-14,16-20H,6H2/t10-,11-,12+,13+,14?/m1/s1. The maximum absolute atomic E-state index is 10.1. The Kier molecular flexibility index (Phi) is 3.60. The van der Waals surface area contributed by atoms with E-state index in [1.807, 2.05) is 0 Å². The molecule has 114 valence electrons. The summed E-state index contributed by atoms with van der Waals surface area (Å²) in [5, 5.41) is 49.5. The Morgan fingerprint density at radius 1 is 1.05 bits per heavy atom. The lowest BCUT2D eigenvalue weighted by atomic mass is 9.98. The molecule has 0 bridgehead atoms. The molecule has 5 N–H and O–H groups in total. The molecule has 1 aromatic heterocycles. The number of aromatic nitrogens is 1. The van der Waals surface area contributed by atoms with Gasteiger partial charge in [-0.3, -0.25) is 0 Å². The third kappa shape index (κ3) is 2.19. The Bertz CT molecular complexity index is 639. The Balaban J connectivity index is 2.05. The molecule has 0 saturated carbocycles. The highest BCUT2D eigenvalue weighted by Crippen LogP contribution is 2.35. The number of ether oxygens (including phenoxy) is 1. The molecule has 1 aliphatic rings. The molecule has 7 heteroatoms. The second-order valence-electron chi connectivity index (χ2n) is 5.16. The second kappa shape index (κ2) is 5.28. The van der Waals surface area contributed by atoms with Crippen LogP contribution in [0.25, 0.3) is 10.9 Å². The summed E-state index contributed by atoms with van der Waals surface area (Å²) in [5.74, 6) is 0.0163. The molecule has 1 aliphatic heterocycles. The van der Waals surface area contributed by atoms with Crippen LogP contribution in [0.3, 0.4) is 0 Å². The lowest BCUT2D eigenvalue weighted by Crippen LogP contribution is -2.56. The second-order valence-corrected chi connectivity index (χ2v) is 5.16. The fourth-order valence-corrected chi connectivity index (χ4v) is 2.71. The highest BCUT2D eigenvalue weighted by molar-refractivity contribution is 5.86. The van der Waals surface area contributed by atoms with E-state index in [9.17, 15) is 25.5 Å². The SMILES string of the molecule is OC[C@H]1OC(n2cc(O)c3ccccc32)[C@@H](O)[C@@H](O)[C@@H]1O. The summed E-state index contributed by atoms with van der Waals surface area (Å²) in [6, 6.07) is 6.98. The summed E-state index contributed by atoms with van der Waals surface area (Å²) < 4.78 is 6.96. The van der Waals surface area contributed by atoms with Crippen LogP contribution in [0.1, 0.15) is 6.23 Å². The monoisotopic (exact) mass is 295 g/mol. The van der Waals surface area contributed by atoms with Crippen LogP contribution in [-0.2, 0) is 4.74 Å². The number of fused-ring (bicyclic) bond motifs is 1. The molecule has 2 heterocycles. The first-order valence-electron chi connectivity index (χ1n) is 6.63. The van der Waals surface area contributed by atoms with Crippen LogP contribution < -0.4 is 0 Å². The van der Waals surface area contributed by atoms with Crippen molar-refractivity contribution >= 4 is 10.9 Å². The van der Waals surface area contributed by atoms with Crippen molar-refractivity contribution in [2.75, 3.05) is 6.61 Å². The molecule has 2 aromatic rings. The Hall–Kier alpha value is -1.64. The van der Waals surface area contributed by atoms with Gasteiger partial charge in [0.2, 0.25) is 0 Å². The van der Waals surface area contributed by atoms with Gasteiger partial charge in [0.1, 0.15) is 30.2 Å². The van der Waals surface area contributed by atoms with E-state index >= 15 is 0 Å². The number of aliphatic hydroxyl groups excluding tert-OH is 4. The topological polar surface area (TPSA) is 115 Å². The normalized spacial score (nSPS) is 33.4. The van der Waals surface area contributed by atoms with Gasteiger partial charge in [-0.05, 0) is 12.1 Å². The predicted octanol–water partition coefficient (Wildman–Crippen LogP) is -0.681. The van der Waals surface area contributed by atoms with Gasteiger partial charge < -0.3 is 34.8 Å². The molecule has 5 atom stereocenters. The van der Waals surface area contributed by atoms with Gasteiger partial charge in [0.05, 0.1) is 12.1 Å². The molecule has 0 aliphatic carbocycles. The molecule has 3 rings (SSSR count). The number of hydrogen-bond acceptors (Lipinski definition) is 6. The van der Waals surface area contributed by atoms with Crippen molar-refractivity contribution in [1.82, 2.24) is 4.57 Å². The molecular formula is C14H17NO6. The van der Waals surface area contributed by atoms with Gasteiger partial charge in [0.25, 0.3) is 0 Å². The molecular weight excluding hydrogens is 278 g/mol. The van der Waals surface area contributed by atoms with Gasteiger partial charge in [-0.15, -0.1) is 0 Å². The molecule has 0 amide bonds. The van der Waals surface area contributed by atoms with Crippen LogP contribution in [0.15, 0.2) is 30.5 Å². The van der Waals surface area contributed by atoms with Crippen molar-refractivity contribution in [3.05, 3.63) is 30.5 Å². The summed E-state index contributed by atoms with van der Waals surface area (Å²) in [4.78, 5) is 0. The molecule has 0 spiro atoms. The summed E-state index contributed by atoms with van der Waals surface area (Å²) in [6.45, 7) is -0.493. The molecule has 1 unspecified atom stereocenters. The van der Waals surface area contributed by atoms with E-state index in [1.54, 1.807) is 24.3 Å². The van der Waals surface area contributed by atoms with E-state index in [0.29, 0.717) is 10.9 Å². The van der Waals surface area contributed by atoms with Crippen LogP contribution >= 0.6 is 0 Å². The summed E-state index contributed by atoms with van der Waals surface area (Å²) in [5.41, 5.74) is 0.610. The maximum atomic E-state index is 10.1. The molecule has 21 heavy (non-hydrogen) atoms. The minimum Gasteiger partial charge on any atom is -0.506 e. The number of nitrogens with zero attached hydrogens (tertiary/aromatic N) is 1. The van der Waals surface area contributed by atoms with Crippen LogP contribution in [0.5, 0.6) is 5.75 Å². The first-order valence-corrected chi connectivity index (χ1v) is 6.63. The van der Waals surface area contributed by atoms with Gasteiger partial charge in [-0.2, -0.15) is 0 Å². The quantitative estimate of drug-likeness (QED) is 0.501. The largest absolute Gasteiger partial charge is 0.506 e. The average molecular weight is 295 g/mol. The number of hydrogen-bond donors (Lipinski definition) is 5. The summed E-state index contributed by atoms with van der Waals surface area (Å²) in [7, 11) is 0. The summed E-state index contributed by atoms with van der Waals surface area (Å²) in [6.07, 6.45) is -4.88. The van der Waals surface area contributed by atoms with Crippen molar-refractivity contribution in [2.45, 2.75) is 30.6 Å². The molecule has 1 fully saturated rings. The van der Waals surface area contributed by atoms with Gasteiger partial charge in [-0.25, -0.2) is 0 Å². The number of aromatic hydroxyl groups is 1. The van der Waals surface area contributed by atoms with Crippen LogP contribution in [-0.4, -0.2) is 61.1 Å². The molecule has 1 aromatic carbocycles. The first-order chi connectivity index (χ1) is 10.0. The summed E-state index contributed by atoms with van der Waals surface area (Å²) >= 11 is 0.